The number of rotatable bonds is 2. The van der Waals surface area contributed by atoms with Gasteiger partial charge < -0.3 is 10.6 Å². The van der Waals surface area contributed by atoms with Crippen molar-refractivity contribution in [1.82, 2.24) is 10.2 Å². The molecule has 0 fully saturated rings. The average molecular weight is 256 g/mol. The molecular weight excluding hydrogens is 246 g/mol. The maximum Gasteiger partial charge on any atom is 0.332 e. The Hall–Kier alpha value is -2.15. The first-order valence-electron chi connectivity index (χ1n) is 4.47. The third-order valence-electron chi connectivity index (χ3n) is 1.53. The quantitative estimate of drug-likeness (QED) is 0.461. The summed E-state index contributed by atoms with van der Waals surface area (Å²) < 4.78 is 0. The van der Waals surface area contributed by atoms with Crippen molar-refractivity contribution in [2.75, 3.05) is 0 Å². The van der Waals surface area contributed by atoms with Crippen LogP contribution >= 0.6 is 11.6 Å². The van der Waals surface area contributed by atoms with Crippen LogP contribution in [0.1, 0.15) is 12.5 Å². The monoisotopic (exact) mass is 255 g/mol. The molecule has 1 aromatic rings. The minimum atomic E-state index is -0.641. The van der Waals surface area contributed by atoms with Crippen LogP contribution in [0, 0.1) is 5.41 Å². The van der Waals surface area contributed by atoms with Gasteiger partial charge in [-0.2, -0.15) is 0 Å². The van der Waals surface area contributed by atoms with E-state index in [2.05, 4.69) is 14.9 Å². The van der Waals surface area contributed by atoms with Gasteiger partial charge in [0, 0.05) is 24.9 Å². The second-order valence-corrected chi connectivity index (χ2v) is 3.29. The van der Waals surface area contributed by atoms with Crippen molar-refractivity contribution in [1.29, 1.82) is 5.41 Å². The van der Waals surface area contributed by atoms with Crippen molar-refractivity contribution in [3.8, 4) is 0 Å². The minimum absolute atomic E-state index is 0.377. The number of hydroxylamine groups is 1. The van der Waals surface area contributed by atoms with Gasteiger partial charge in [0.05, 0.1) is 11.2 Å². The van der Waals surface area contributed by atoms with E-state index in [1.165, 1.54) is 25.5 Å². The summed E-state index contributed by atoms with van der Waals surface area (Å²) in [5.74, 6) is -1.17. The number of hydrogen-bond donors (Lipinski definition) is 2. The van der Waals surface area contributed by atoms with Crippen LogP contribution in [0.5, 0.6) is 0 Å². The Labute approximate surface area is 102 Å². The van der Waals surface area contributed by atoms with Crippen LogP contribution in [0.3, 0.4) is 0 Å². The summed E-state index contributed by atoms with van der Waals surface area (Å²) in [5.41, 5.74) is 5.72. The summed E-state index contributed by atoms with van der Waals surface area (Å²) in [6.07, 6.45) is 4.26. The van der Waals surface area contributed by atoms with Gasteiger partial charge in [-0.05, 0) is 6.07 Å². The average Bonchev–Trinajstić information content (AvgIpc) is 2.25. The Balaban J connectivity index is 2.83. The van der Waals surface area contributed by atoms with Crippen LogP contribution in [-0.2, 0) is 9.63 Å². The lowest BCUT2D eigenvalue weighted by atomic mass is 10.3. The number of nitrogens with zero attached hydrogens (tertiary/aromatic N) is 3. The molecule has 0 bridgehead atoms. The fourth-order valence-electron chi connectivity index (χ4n) is 0.862. The molecule has 3 N–H and O–H groups in total. The van der Waals surface area contributed by atoms with Crippen LogP contribution in [0.25, 0.3) is 0 Å². The molecule has 1 aromatic heterocycles. The van der Waals surface area contributed by atoms with Crippen molar-refractivity contribution in [3.05, 3.63) is 29.0 Å². The zero-order chi connectivity index (χ0) is 12.8. The maximum atomic E-state index is 10.7. The van der Waals surface area contributed by atoms with E-state index < -0.39 is 11.9 Å². The molecule has 0 aliphatic heterocycles. The van der Waals surface area contributed by atoms with Crippen LogP contribution in [0.2, 0.25) is 5.02 Å². The van der Waals surface area contributed by atoms with Crippen LogP contribution in [0.15, 0.2) is 23.6 Å². The molecule has 0 unspecified atom stereocenters. The van der Waals surface area contributed by atoms with Crippen molar-refractivity contribution in [2.24, 2.45) is 10.8 Å². The SMILES string of the molecule is CC(=O)ON(N=Cc1ccncc1Cl)C(=N)N. The molecule has 8 heteroatoms. The number of halogens is 1. The molecule has 0 aromatic carbocycles. The van der Waals surface area contributed by atoms with Crippen molar-refractivity contribution < 1.29 is 9.63 Å². The first-order valence-corrected chi connectivity index (χ1v) is 4.84. The highest BCUT2D eigenvalue weighted by Gasteiger charge is 2.08. The summed E-state index contributed by atoms with van der Waals surface area (Å²) in [6.45, 7) is 1.17. The molecule has 17 heavy (non-hydrogen) atoms. The molecule has 0 spiro atoms. The molecule has 0 aliphatic rings. The van der Waals surface area contributed by atoms with Gasteiger partial charge in [0.2, 0.25) is 5.96 Å². The van der Waals surface area contributed by atoms with Gasteiger partial charge in [0.15, 0.2) is 0 Å². The van der Waals surface area contributed by atoms with E-state index in [4.69, 9.17) is 22.7 Å². The van der Waals surface area contributed by atoms with E-state index >= 15 is 0 Å². The normalized spacial score (nSPS) is 10.2. The molecule has 90 valence electrons. The first kappa shape index (κ1) is 12.9. The zero-order valence-electron chi connectivity index (χ0n) is 8.92. The topological polar surface area (TPSA) is 105 Å². The molecule has 0 saturated carbocycles. The van der Waals surface area contributed by atoms with Gasteiger partial charge in [-0.3, -0.25) is 10.4 Å². The lowest BCUT2D eigenvalue weighted by Gasteiger charge is -2.13. The molecule has 0 aliphatic carbocycles. The maximum absolute atomic E-state index is 10.7. The van der Waals surface area contributed by atoms with E-state index in [-0.39, 0.29) is 0 Å². The number of guanidine groups is 1. The summed E-state index contributed by atoms with van der Waals surface area (Å²) in [4.78, 5) is 19.1. The zero-order valence-corrected chi connectivity index (χ0v) is 9.68. The molecule has 0 saturated heterocycles. The van der Waals surface area contributed by atoms with Crippen LogP contribution in [0.4, 0.5) is 0 Å². The standard InChI is InChI=1S/C9H10ClN5O2/c1-6(16)17-15(9(11)12)14-4-7-2-3-13-5-8(7)10/h2-5H,1H3,(H3,11,12). The molecule has 0 amide bonds. The predicted molar refractivity (Wildman–Crippen MR) is 62.4 cm³/mol. The van der Waals surface area contributed by atoms with Gasteiger partial charge >= 0.3 is 5.97 Å². The Morgan fingerprint density at radius 2 is 2.47 bits per heavy atom. The fraction of sp³-hybridized carbons (Fsp3) is 0.111. The predicted octanol–water partition coefficient (Wildman–Crippen LogP) is 0.742. The summed E-state index contributed by atoms with van der Waals surface area (Å²) >= 11 is 5.83. The van der Waals surface area contributed by atoms with Gasteiger partial charge in [0.1, 0.15) is 0 Å². The second-order valence-electron chi connectivity index (χ2n) is 2.88. The molecule has 1 rings (SSSR count). The minimum Gasteiger partial charge on any atom is -0.366 e. The molecule has 1 heterocycles. The van der Waals surface area contributed by atoms with Crippen LogP contribution < -0.4 is 5.73 Å². The van der Waals surface area contributed by atoms with Crippen molar-refractivity contribution >= 4 is 29.7 Å². The molecular formula is C9H10ClN5O2. The lowest BCUT2D eigenvalue weighted by molar-refractivity contribution is -0.170. The largest absolute Gasteiger partial charge is 0.366 e. The number of aromatic nitrogens is 1. The summed E-state index contributed by atoms with van der Waals surface area (Å²) in [7, 11) is 0. The van der Waals surface area contributed by atoms with Gasteiger partial charge in [-0.1, -0.05) is 16.8 Å². The molecule has 0 atom stereocenters. The van der Waals surface area contributed by atoms with Crippen LogP contribution in [-0.4, -0.2) is 28.3 Å². The number of pyridine rings is 1. The Kier molecular flexibility index (Phi) is 4.41. The van der Waals surface area contributed by atoms with Crippen molar-refractivity contribution in [3.63, 3.8) is 0 Å². The summed E-state index contributed by atoms with van der Waals surface area (Å²) in [5, 5.41) is 11.8. The van der Waals surface area contributed by atoms with Gasteiger partial charge in [-0.15, -0.1) is 5.10 Å². The smallest absolute Gasteiger partial charge is 0.332 e. The Bertz CT molecular complexity index is 462. The Morgan fingerprint density at radius 3 is 3.00 bits per heavy atom. The highest BCUT2D eigenvalue weighted by molar-refractivity contribution is 6.32. The highest BCUT2D eigenvalue weighted by Crippen LogP contribution is 2.10. The first-order chi connectivity index (χ1) is 8.00. The summed E-state index contributed by atoms with van der Waals surface area (Å²) in [6, 6.07) is 1.61. The van der Waals surface area contributed by atoms with E-state index in [0.29, 0.717) is 15.8 Å². The number of hydrazone groups is 1. The fourth-order valence-corrected chi connectivity index (χ4v) is 1.03. The molecule has 0 radical (unpaired) electrons. The number of carbonyl (C=O) groups excluding carboxylic acids is 1. The molecule has 7 nitrogen and oxygen atoms in total. The second kappa shape index (κ2) is 5.80. The Morgan fingerprint density at radius 1 is 1.76 bits per heavy atom. The third kappa shape index (κ3) is 4.07. The number of nitrogens with two attached hydrogens (primary N) is 1. The highest BCUT2D eigenvalue weighted by atomic mass is 35.5. The third-order valence-corrected chi connectivity index (χ3v) is 1.84. The van der Waals surface area contributed by atoms with Gasteiger partial charge in [-0.25, -0.2) is 4.79 Å². The van der Waals surface area contributed by atoms with E-state index in [1.54, 1.807) is 6.07 Å². The van der Waals surface area contributed by atoms with Crippen molar-refractivity contribution in [2.45, 2.75) is 6.92 Å². The number of hydrogen-bond acceptors (Lipinski definition) is 5. The number of nitrogens with one attached hydrogen (secondary N) is 1. The van der Waals surface area contributed by atoms with Gasteiger partial charge in [0.25, 0.3) is 0 Å². The lowest BCUT2D eigenvalue weighted by Crippen LogP contribution is -2.33. The van der Waals surface area contributed by atoms with E-state index in [0.717, 1.165) is 0 Å². The van der Waals surface area contributed by atoms with E-state index in [1.807, 2.05) is 0 Å². The van der Waals surface area contributed by atoms with E-state index in [9.17, 15) is 4.79 Å². The number of carbonyl (C=O) groups is 1.